The summed E-state index contributed by atoms with van der Waals surface area (Å²) in [4.78, 5) is 2.17. The van der Waals surface area contributed by atoms with E-state index in [1.807, 2.05) is 37.3 Å². The Morgan fingerprint density at radius 2 is 1.83 bits per heavy atom. The second-order valence-electron chi connectivity index (χ2n) is 8.93. The van der Waals surface area contributed by atoms with Crippen molar-refractivity contribution in [1.29, 1.82) is 0 Å². The minimum Gasteiger partial charge on any atom is -0.435 e. The second-order valence-corrected chi connectivity index (χ2v) is 8.93. The Hall–Kier alpha value is -3.00. The number of aliphatic hydroxyl groups is 1. The van der Waals surface area contributed by atoms with Crippen molar-refractivity contribution in [3.8, 4) is 17.3 Å². The lowest BCUT2D eigenvalue weighted by Crippen LogP contribution is -2.37. The number of rotatable bonds is 14. The van der Waals surface area contributed by atoms with E-state index in [0.29, 0.717) is 37.9 Å². The van der Waals surface area contributed by atoms with Gasteiger partial charge in [0.1, 0.15) is 0 Å². The molecule has 1 unspecified atom stereocenters. The third kappa shape index (κ3) is 7.49. The van der Waals surface area contributed by atoms with Gasteiger partial charge in [-0.15, -0.1) is 6.58 Å². The molecular formula is C28H36FN3O3. The number of aliphatic hydroxyl groups excluding tert-OH is 1. The first-order valence-electron chi connectivity index (χ1n) is 12.1. The van der Waals surface area contributed by atoms with Crippen LogP contribution in [-0.2, 0) is 17.7 Å². The topological polar surface area (TPSA) is 59.8 Å². The van der Waals surface area contributed by atoms with Gasteiger partial charge in [0.2, 0.25) is 5.88 Å². The number of benzene rings is 2. The van der Waals surface area contributed by atoms with E-state index in [0.717, 1.165) is 23.5 Å². The van der Waals surface area contributed by atoms with E-state index in [9.17, 15) is 9.50 Å². The number of nitrogens with zero attached hydrogens (tertiary/aromatic N) is 3. The summed E-state index contributed by atoms with van der Waals surface area (Å²) in [7, 11) is 0. The molecule has 0 aliphatic rings. The zero-order valence-corrected chi connectivity index (χ0v) is 20.9. The maximum Gasteiger partial charge on any atom is 0.227 e. The molecule has 188 valence electrons. The molecule has 2 aromatic carbocycles. The average molecular weight is 482 g/mol. The Morgan fingerprint density at radius 1 is 1.11 bits per heavy atom. The third-order valence-electron chi connectivity index (χ3n) is 5.42. The van der Waals surface area contributed by atoms with E-state index in [4.69, 9.17) is 14.6 Å². The molecule has 0 radical (unpaired) electrons. The van der Waals surface area contributed by atoms with Gasteiger partial charge >= 0.3 is 0 Å². The van der Waals surface area contributed by atoms with Gasteiger partial charge in [-0.05, 0) is 36.6 Å². The summed E-state index contributed by atoms with van der Waals surface area (Å²) < 4.78 is 27.9. The highest BCUT2D eigenvalue weighted by atomic mass is 19.1. The van der Waals surface area contributed by atoms with E-state index in [1.54, 1.807) is 29.0 Å². The van der Waals surface area contributed by atoms with Crippen LogP contribution in [0.4, 0.5) is 4.39 Å². The predicted molar refractivity (Wildman–Crippen MR) is 137 cm³/mol. The fourth-order valence-corrected chi connectivity index (χ4v) is 3.98. The SMILES string of the molecule is C=CCOCC(O)CN(Cc1c(CC)nn(-c2ccccc2)c1Oc1ccccc1F)CC(C)C. The van der Waals surface area contributed by atoms with Crippen LogP contribution >= 0.6 is 0 Å². The summed E-state index contributed by atoms with van der Waals surface area (Å²) in [6, 6.07) is 16.0. The molecule has 0 bridgehead atoms. The van der Waals surface area contributed by atoms with E-state index >= 15 is 0 Å². The highest BCUT2D eigenvalue weighted by Crippen LogP contribution is 2.33. The fraction of sp³-hybridized carbons (Fsp3) is 0.393. The van der Waals surface area contributed by atoms with Gasteiger partial charge in [-0.3, -0.25) is 4.90 Å². The van der Waals surface area contributed by atoms with Crippen LogP contribution in [0.25, 0.3) is 5.69 Å². The second kappa shape index (κ2) is 13.2. The number of para-hydroxylation sites is 2. The number of hydrogen-bond donors (Lipinski definition) is 1. The van der Waals surface area contributed by atoms with Crippen molar-refractivity contribution in [1.82, 2.24) is 14.7 Å². The first kappa shape index (κ1) is 26.6. The third-order valence-corrected chi connectivity index (χ3v) is 5.42. The lowest BCUT2D eigenvalue weighted by Gasteiger charge is -2.27. The summed E-state index contributed by atoms with van der Waals surface area (Å²) in [5, 5.41) is 15.4. The molecule has 0 amide bonds. The van der Waals surface area contributed by atoms with E-state index in [1.165, 1.54) is 6.07 Å². The average Bonchev–Trinajstić information content (AvgIpc) is 3.17. The quantitative estimate of drug-likeness (QED) is 0.247. The minimum atomic E-state index is -0.654. The standard InChI is InChI=1S/C28H36FN3O3/c1-5-16-34-20-23(33)18-31(17-21(3)4)19-24-26(6-2)30-32(22-12-8-7-9-13-22)28(24)35-27-15-11-10-14-25(27)29/h5,7-15,21,23,33H,1,6,16-20H2,2-4H3. The number of aryl methyl sites for hydroxylation is 1. The van der Waals surface area contributed by atoms with Crippen molar-refractivity contribution in [2.24, 2.45) is 5.92 Å². The molecular weight excluding hydrogens is 445 g/mol. The molecule has 0 aliphatic heterocycles. The number of ether oxygens (including phenoxy) is 2. The highest BCUT2D eigenvalue weighted by molar-refractivity contribution is 5.44. The molecule has 0 fully saturated rings. The van der Waals surface area contributed by atoms with Crippen LogP contribution in [-0.4, -0.2) is 52.2 Å². The Balaban J connectivity index is 1.99. The summed E-state index contributed by atoms with van der Waals surface area (Å²) >= 11 is 0. The molecule has 1 N–H and O–H groups in total. The van der Waals surface area contributed by atoms with Crippen LogP contribution in [0, 0.1) is 11.7 Å². The van der Waals surface area contributed by atoms with Crippen LogP contribution in [0.5, 0.6) is 11.6 Å². The molecule has 0 spiro atoms. The van der Waals surface area contributed by atoms with Crippen molar-refractivity contribution in [2.45, 2.75) is 39.8 Å². The van der Waals surface area contributed by atoms with Gasteiger partial charge in [0, 0.05) is 19.6 Å². The molecule has 1 atom stereocenters. The molecule has 3 aromatic rings. The van der Waals surface area contributed by atoms with Crippen molar-refractivity contribution in [3.05, 3.63) is 84.3 Å². The zero-order valence-electron chi connectivity index (χ0n) is 20.9. The fourth-order valence-electron chi connectivity index (χ4n) is 3.98. The van der Waals surface area contributed by atoms with Crippen molar-refractivity contribution in [2.75, 3.05) is 26.3 Å². The molecule has 0 aliphatic carbocycles. The van der Waals surface area contributed by atoms with Gasteiger partial charge in [0.25, 0.3) is 0 Å². The number of halogens is 1. The van der Waals surface area contributed by atoms with Crippen LogP contribution in [0.15, 0.2) is 67.3 Å². The smallest absolute Gasteiger partial charge is 0.227 e. The first-order chi connectivity index (χ1) is 16.9. The maximum absolute atomic E-state index is 14.6. The molecule has 1 heterocycles. The Labute approximate surface area is 207 Å². The lowest BCUT2D eigenvalue weighted by molar-refractivity contribution is 0.0221. The maximum atomic E-state index is 14.6. The predicted octanol–water partition coefficient (Wildman–Crippen LogP) is 5.39. The van der Waals surface area contributed by atoms with Crippen LogP contribution in [0.3, 0.4) is 0 Å². The summed E-state index contributed by atoms with van der Waals surface area (Å²) in [6.45, 7) is 12.3. The zero-order chi connectivity index (χ0) is 25.2. The summed E-state index contributed by atoms with van der Waals surface area (Å²) in [5.74, 6) is 0.554. The number of aromatic nitrogens is 2. The van der Waals surface area contributed by atoms with Crippen molar-refractivity contribution in [3.63, 3.8) is 0 Å². The van der Waals surface area contributed by atoms with Crippen molar-refractivity contribution < 1.29 is 19.0 Å². The van der Waals surface area contributed by atoms with Gasteiger partial charge in [0.05, 0.1) is 36.3 Å². The molecule has 1 aromatic heterocycles. The minimum absolute atomic E-state index is 0.141. The summed E-state index contributed by atoms with van der Waals surface area (Å²) in [5.41, 5.74) is 2.57. The van der Waals surface area contributed by atoms with Crippen LogP contribution < -0.4 is 4.74 Å². The molecule has 6 nitrogen and oxygen atoms in total. The van der Waals surface area contributed by atoms with E-state index in [2.05, 4.69) is 25.3 Å². The van der Waals surface area contributed by atoms with Crippen molar-refractivity contribution >= 4 is 0 Å². The van der Waals surface area contributed by atoms with Gasteiger partial charge in [0.15, 0.2) is 11.6 Å². The largest absolute Gasteiger partial charge is 0.435 e. The van der Waals surface area contributed by atoms with Gasteiger partial charge in [-0.2, -0.15) is 5.10 Å². The Kier molecular flexibility index (Phi) is 10.0. The lowest BCUT2D eigenvalue weighted by atomic mass is 10.1. The van der Waals surface area contributed by atoms with Gasteiger partial charge < -0.3 is 14.6 Å². The van der Waals surface area contributed by atoms with Crippen LogP contribution in [0.1, 0.15) is 32.0 Å². The van der Waals surface area contributed by atoms with E-state index in [-0.39, 0.29) is 12.4 Å². The monoisotopic (exact) mass is 481 g/mol. The first-order valence-corrected chi connectivity index (χ1v) is 12.1. The normalized spacial score (nSPS) is 12.3. The Morgan fingerprint density at radius 3 is 2.49 bits per heavy atom. The Bertz CT molecular complexity index is 1070. The van der Waals surface area contributed by atoms with Gasteiger partial charge in [-0.25, -0.2) is 9.07 Å². The highest BCUT2D eigenvalue weighted by Gasteiger charge is 2.24. The van der Waals surface area contributed by atoms with Crippen LogP contribution in [0.2, 0.25) is 0 Å². The number of hydrogen-bond acceptors (Lipinski definition) is 5. The molecule has 3 rings (SSSR count). The van der Waals surface area contributed by atoms with E-state index < -0.39 is 11.9 Å². The molecule has 0 saturated heterocycles. The molecule has 7 heteroatoms. The van der Waals surface area contributed by atoms with Gasteiger partial charge in [-0.1, -0.05) is 57.2 Å². The molecule has 35 heavy (non-hydrogen) atoms. The summed E-state index contributed by atoms with van der Waals surface area (Å²) in [6.07, 6.45) is 1.69. The molecule has 0 saturated carbocycles.